The quantitative estimate of drug-likeness (QED) is 0.835. The molecule has 0 spiro atoms. The van der Waals surface area contributed by atoms with E-state index in [-0.39, 0.29) is 5.91 Å². The summed E-state index contributed by atoms with van der Waals surface area (Å²) < 4.78 is 5.03. The predicted molar refractivity (Wildman–Crippen MR) is 90.6 cm³/mol. The Hall–Kier alpha value is -1.33. The summed E-state index contributed by atoms with van der Waals surface area (Å²) in [6.07, 6.45) is 9.57. The van der Waals surface area contributed by atoms with Gasteiger partial charge in [0.05, 0.1) is 11.8 Å². The molecule has 2 aliphatic rings. The summed E-state index contributed by atoms with van der Waals surface area (Å²) >= 11 is 0. The molecule has 5 nitrogen and oxygen atoms in total. The van der Waals surface area contributed by atoms with Gasteiger partial charge in [-0.3, -0.25) is 4.79 Å². The predicted octanol–water partition coefficient (Wildman–Crippen LogP) is 2.30. The van der Waals surface area contributed by atoms with Crippen LogP contribution >= 0.6 is 0 Å². The van der Waals surface area contributed by atoms with Crippen LogP contribution in [0.2, 0.25) is 0 Å². The minimum absolute atomic E-state index is 0.105. The third kappa shape index (κ3) is 4.82. The van der Waals surface area contributed by atoms with Crippen LogP contribution in [0.3, 0.4) is 0 Å². The highest BCUT2D eigenvalue weighted by atomic mass is 16.3. The number of rotatable bonds is 5. The van der Waals surface area contributed by atoms with Gasteiger partial charge >= 0.3 is 0 Å². The first-order valence-electron chi connectivity index (χ1n) is 9.09. The van der Waals surface area contributed by atoms with Crippen LogP contribution in [0.1, 0.15) is 42.5 Å². The zero-order valence-electron chi connectivity index (χ0n) is 14.1. The molecule has 3 heterocycles. The van der Waals surface area contributed by atoms with Crippen molar-refractivity contribution >= 4 is 5.91 Å². The molecule has 2 aliphatic heterocycles. The Morgan fingerprint density at radius 2 is 1.65 bits per heavy atom. The smallest absolute Gasteiger partial charge is 0.257 e. The number of hydrogen-bond donors (Lipinski definition) is 0. The van der Waals surface area contributed by atoms with Crippen molar-refractivity contribution in [3.8, 4) is 0 Å². The van der Waals surface area contributed by atoms with E-state index >= 15 is 0 Å². The Morgan fingerprint density at radius 3 is 2.39 bits per heavy atom. The zero-order valence-corrected chi connectivity index (χ0v) is 14.1. The lowest BCUT2D eigenvalue weighted by Crippen LogP contribution is -2.36. The van der Waals surface area contributed by atoms with Crippen LogP contribution in [0.15, 0.2) is 23.0 Å². The summed E-state index contributed by atoms with van der Waals surface area (Å²) in [6, 6.07) is 1.75. The molecule has 3 rings (SSSR count). The van der Waals surface area contributed by atoms with Crippen LogP contribution in [-0.2, 0) is 0 Å². The van der Waals surface area contributed by atoms with Gasteiger partial charge in [-0.15, -0.1) is 0 Å². The average Bonchev–Trinajstić information content (AvgIpc) is 3.02. The van der Waals surface area contributed by atoms with Crippen molar-refractivity contribution in [2.24, 2.45) is 0 Å². The minimum Gasteiger partial charge on any atom is -0.472 e. The molecule has 5 heteroatoms. The first-order chi connectivity index (χ1) is 11.3. The van der Waals surface area contributed by atoms with Gasteiger partial charge in [0.1, 0.15) is 6.26 Å². The second-order valence-corrected chi connectivity index (χ2v) is 6.76. The molecule has 128 valence electrons. The van der Waals surface area contributed by atoms with Gasteiger partial charge in [0.15, 0.2) is 0 Å². The highest BCUT2D eigenvalue weighted by Gasteiger charge is 2.21. The summed E-state index contributed by atoms with van der Waals surface area (Å²) in [7, 11) is 0. The van der Waals surface area contributed by atoms with Crippen LogP contribution in [-0.4, -0.2) is 73.0 Å². The largest absolute Gasteiger partial charge is 0.472 e. The third-order valence-electron chi connectivity index (χ3n) is 5.04. The molecular formula is C18H29N3O2. The molecule has 1 amide bonds. The normalized spacial score (nSPS) is 21.3. The lowest BCUT2D eigenvalue weighted by atomic mass is 10.1. The lowest BCUT2D eigenvalue weighted by Gasteiger charge is -2.28. The van der Waals surface area contributed by atoms with Gasteiger partial charge in [0.2, 0.25) is 0 Å². The van der Waals surface area contributed by atoms with Crippen molar-refractivity contribution in [2.45, 2.75) is 32.1 Å². The lowest BCUT2D eigenvalue weighted by molar-refractivity contribution is 0.0760. The second kappa shape index (κ2) is 8.50. The van der Waals surface area contributed by atoms with E-state index in [1.54, 1.807) is 18.6 Å². The summed E-state index contributed by atoms with van der Waals surface area (Å²) in [5.74, 6) is 0.105. The van der Waals surface area contributed by atoms with Crippen LogP contribution in [0.4, 0.5) is 0 Å². The Morgan fingerprint density at radius 1 is 0.913 bits per heavy atom. The topological polar surface area (TPSA) is 39.9 Å². The Balaban J connectivity index is 1.39. The number of amides is 1. The number of likely N-dealkylation sites (tertiary alicyclic amines) is 1. The van der Waals surface area contributed by atoms with Gasteiger partial charge in [-0.05, 0) is 64.5 Å². The molecule has 23 heavy (non-hydrogen) atoms. The third-order valence-corrected chi connectivity index (χ3v) is 5.04. The van der Waals surface area contributed by atoms with E-state index in [4.69, 9.17) is 4.42 Å². The fourth-order valence-electron chi connectivity index (χ4n) is 3.67. The first-order valence-corrected chi connectivity index (χ1v) is 9.09. The Labute approximate surface area is 139 Å². The monoisotopic (exact) mass is 319 g/mol. The summed E-state index contributed by atoms with van der Waals surface area (Å²) in [5, 5.41) is 0. The number of hydrogen-bond acceptors (Lipinski definition) is 4. The fourth-order valence-corrected chi connectivity index (χ4v) is 3.67. The van der Waals surface area contributed by atoms with E-state index in [2.05, 4.69) is 9.80 Å². The number of carbonyl (C=O) groups is 1. The van der Waals surface area contributed by atoms with Crippen LogP contribution in [0.5, 0.6) is 0 Å². The molecule has 0 atom stereocenters. The van der Waals surface area contributed by atoms with Gasteiger partial charge in [0.25, 0.3) is 5.91 Å². The number of nitrogens with zero attached hydrogens (tertiary/aromatic N) is 3. The molecule has 0 bridgehead atoms. The highest BCUT2D eigenvalue weighted by Crippen LogP contribution is 2.11. The molecule has 0 aromatic carbocycles. The highest BCUT2D eigenvalue weighted by molar-refractivity contribution is 5.93. The summed E-state index contributed by atoms with van der Waals surface area (Å²) in [5.41, 5.74) is 0.670. The molecule has 0 saturated carbocycles. The first kappa shape index (κ1) is 16.5. The van der Waals surface area contributed by atoms with Gasteiger partial charge in [-0.1, -0.05) is 6.42 Å². The standard InChI is InChI=1S/C18H29N3O2/c22-18(17-6-15-23-16-17)21-12-5-11-20(13-14-21)10-4-9-19-7-2-1-3-8-19/h6,15-16H,1-5,7-14H2. The Kier molecular flexibility index (Phi) is 6.11. The molecule has 0 radical (unpaired) electrons. The van der Waals surface area contributed by atoms with Crippen LogP contribution in [0, 0.1) is 0 Å². The molecule has 0 N–H and O–H groups in total. The molecule has 2 saturated heterocycles. The molecule has 1 aromatic rings. The number of furan rings is 1. The van der Waals surface area contributed by atoms with Crippen molar-refractivity contribution in [1.29, 1.82) is 0 Å². The van der Waals surface area contributed by atoms with E-state index in [1.807, 2.05) is 4.90 Å². The Bertz CT molecular complexity index is 469. The summed E-state index contributed by atoms with van der Waals surface area (Å²) in [4.78, 5) is 19.5. The van der Waals surface area contributed by atoms with Gasteiger partial charge < -0.3 is 19.1 Å². The van der Waals surface area contributed by atoms with Crippen molar-refractivity contribution in [1.82, 2.24) is 14.7 Å². The van der Waals surface area contributed by atoms with Gasteiger partial charge in [-0.2, -0.15) is 0 Å². The van der Waals surface area contributed by atoms with Gasteiger partial charge in [-0.25, -0.2) is 0 Å². The van der Waals surface area contributed by atoms with Crippen LogP contribution < -0.4 is 0 Å². The van der Waals surface area contributed by atoms with E-state index in [9.17, 15) is 4.79 Å². The maximum Gasteiger partial charge on any atom is 0.257 e. The molecule has 1 aromatic heterocycles. The SMILES string of the molecule is O=C(c1ccoc1)N1CCCN(CCCN2CCCCC2)CC1. The van der Waals surface area contributed by atoms with Crippen molar-refractivity contribution in [3.63, 3.8) is 0 Å². The van der Waals surface area contributed by atoms with Crippen molar-refractivity contribution in [2.75, 3.05) is 52.4 Å². The fraction of sp³-hybridized carbons (Fsp3) is 0.722. The molecule has 2 fully saturated rings. The molecular weight excluding hydrogens is 290 g/mol. The van der Waals surface area contributed by atoms with E-state index in [0.717, 1.165) is 39.1 Å². The van der Waals surface area contributed by atoms with E-state index in [0.29, 0.717) is 5.56 Å². The summed E-state index contributed by atoms with van der Waals surface area (Å²) in [6.45, 7) is 8.73. The number of piperidine rings is 1. The van der Waals surface area contributed by atoms with E-state index < -0.39 is 0 Å². The van der Waals surface area contributed by atoms with Gasteiger partial charge in [0, 0.05) is 19.6 Å². The maximum absolute atomic E-state index is 12.4. The van der Waals surface area contributed by atoms with Crippen LogP contribution in [0.25, 0.3) is 0 Å². The molecule has 0 unspecified atom stereocenters. The second-order valence-electron chi connectivity index (χ2n) is 6.76. The van der Waals surface area contributed by atoms with Crippen molar-refractivity contribution < 1.29 is 9.21 Å². The average molecular weight is 319 g/mol. The zero-order chi connectivity index (χ0) is 15.9. The number of carbonyl (C=O) groups excluding carboxylic acids is 1. The minimum atomic E-state index is 0.105. The maximum atomic E-state index is 12.4. The van der Waals surface area contributed by atoms with Crippen molar-refractivity contribution in [3.05, 3.63) is 24.2 Å². The molecule has 0 aliphatic carbocycles. The van der Waals surface area contributed by atoms with E-state index in [1.165, 1.54) is 45.3 Å².